The van der Waals surface area contributed by atoms with Gasteiger partial charge in [0.2, 0.25) is 0 Å². The van der Waals surface area contributed by atoms with Crippen LogP contribution in [0.5, 0.6) is 0 Å². The van der Waals surface area contributed by atoms with Gasteiger partial charge >= 0.3 is 12.1 Å². The summed E-state index contributed by atoms with van der Waals surface area (Å²) in [5.74, 6) is -0.714. The minimum absolute atomic E-state index is 0.00118. The molecule has 2 atom stereocenters. The third-order valence-corrected chi connectivity index (χ3v) is 2.65. The maximum absolute atomic E-state index is 11.7. The molecular weight excluding hydrogens is 226 g/mol. The summed E-state index contributed by atoms with van der Waals surface area (Å²) in [5.41, 5.74) is 0. The van der Waals surface area contributed by atoms with E-state index in [1.165, 1.54) is 0 Å². The molecule has 0 radical (unpaired) electrons. The molecule has 6 nitrogen and oxygen atoms in total. The number of carbonyl (C=O) groups is 3. The van der Waals surface area contributed by atoms with E-state index in [0.717, 1.165) is 4.90 Å². The van der Waals surface area contributed by atoms with Gasteiger partial charge in [-0.2, -0.15) is 0 Å². The number of hydrogen-bond donors (Lipinski definition) is 0. The second kappa shape index (κ2) is 5.65. The smallest absolute Gasteiger partial charge is 0.411 e. The fraction of sp³-hybridized carbons (Fsp3) is 0.727. The molecule has 0 aliphatic carbocycles. The molecule has 1 heterocycles. The molecule has 0 spiro atoms. The van der Waals surface area contributed by atoms with E-state index >= 15 is 0 Å². The lowest BCUT2D eigenvalue weighted by molar-refractivity contribution is -0.148. The Hall–Kier alpha value is -1.59. The topological polar surface area (TPSA) is 72.9 Å². The monoisotopic (exact) mass is 243 g/mol. The van der Waals surface area contributed by atoms with Gasteiger partial charge in [-0.3, -0.25) is 9.69 Å². The largest absolute Gasteiger partial charge is 0.464 e. The Morgan fingerprint density at radius 2 is 1.88 bits per heavy atom. The van der Waals surface area contributed by atoms with Crippen LogP contribution in [-0.2, 0) is 19.1 Å². The second-order valence-electron chi connectivity index (χ2n) is 3.72. The molecule has 6 heteroatoms. The third-order valence-electron chi connectivity index (χ3n) is 2.65. The standard InChI is InChI=1S/C11H17NO5/c1-4-16-10(14)8-6-9(13)7(3)12(8)11(15)17-5-2/h7-8H,4-6H2,1-3H3/t7-,8+/m1/s1. The van der Waals surface area contributed by atoms with Crippen LogP contribution < -0.4 is 0 Å². The van der Waals surface area contributed by atoms with Crippen molar-refractivity contribution in [3.05, 3.63) is 0 Å². The van der Waals surface area contributed by atoms with E-state index in [1.54, 1.807) is 20.8 Å². The molecule has 0 aromatic carbocycles. The van der Waals surface area contributed by atoms with Crippen LogP contribution in [0.2, 0.25) is 0 Å². The van der Waals surface area contributed by atoms with Crippen molar-refractivity contribution in [2.75, 3.05) is 13.2 Å². The number of nitrogens with zero attached hydrogens (tertiary/aromatic N) is 1. The van der Waals surface area contributed by atoms with Crippen molar-refractivity contribution in [2.24, 2.45) is 0 Å². The zero-order valence-corrected chi connectivity index (χ0v) is 10.3. The highest BCUT2D eigenvalue weighted by Crippen LogP contribution is 2.23. The van der Waals surface area contributed by atoms with E-state index in [-0.39, 0.29) is 25.4 Å². The molecule has 0 saturated carbocycles. The highest BCUT2D eigenvalue weighted by Gasteiger charge is 2.45. The highest BCUT2D eigenvalue weighted by molar-refractivity contribution is 5.97. The van der Waals surface area contributed by atoms with Gasteiger partial charge in [-0.25, -0.2) is 9.59 Å². The second-order valence-corrected chi connectivity index (χ2v) is 3.72. The molecule has 1 aliphatic rings. The van der Waals surface area contributed by atoms with Crippen molar-refractivity contribution in [3.8, 4) is 0 Å². The molecule has 0 bridgehead atoms. The van der Waals surface area contributed by atoms with E-state index in [9.17, 15) is 14.4 Å². The molecule has 0 aromatic heterocycles. The SMILES string of the molecule is CCOC(=O)[C@@H]1CC(=O)[C@@H](C)N1C(=O)OCC. The summed E-state index contributed by atoms with van der Waals surface area (Å²) in [6.07, 6.45) is -0.650. The van der Waals surface area contributed by atoms with Crippen LogP contribution in [0.25, 0.3) is 0 Å². The van der Waals surface area contributed by atoms with E-state index in [4.69, 9.17) is 9.47 Å². The van der Waals surface area contributed by atoms with Crippen molar-refractivity contribution < 1.29 is 23.9 Å². The van der Waals surface area contributed by atoms with Crippen LogP contribution in [0.1, 0.15) is 27.2 Å². The van der Waals surface area contributed by atoms with Crippen molar-refractivity contribution in [1.82, 2.24) is 4.90 Å². The number of esters is 1. The summed E-state index contributed by atoms with van der Waals surface area (Å²) >= 11 is 0. The minimum atomic E-state index is -0.850. The van der Waals surface area contributed by atoms with Crippen LogP contribution >= 0.6 is 0 Å². The molecule has 1 rings (SSSR count). The first-order valence-corrected chi connectivity index (χ1v) is 5.67. The summed E-state index contributed by atoms with van der Waals surface area (Å²) in [6.45, 7) is 5.34. The van der Waals surface area contributed by atoms with Gasteiger partial charge in [-0.1, -0.05) is 0 Å². The summed E-state index contributed by atoms with van der Waals surface area (Å²) in [5, 5.41) is 0. The minimum Gasteiger partial charge on any atom is -0.464 e. The molecule has 1 fully saturated rings. The molecule has 96 valence electrons. The first-order valence-electron chi connectivity index (χ1n) is 5.67. The number of Topliss-reactive ketones (excluding diaryl/α,β-unsaturated/α-hetero) is 1. The lowest BCUT2D eigenvalue weighted by Crippen LogP contribution is -2.45. The number of amides is 1. The average molecular weight is 243 g/mol. The predicted molar refractivity (Wildman–Crippen MR) is 58.4 cm³/mol. The van der Waals surface area contributed by atoms with Gasteiger partial charge in [0.25, 0.3) is 0 Å². The van der Waals surface area contributed by atoms with Gasteiger partial charge < -0.3 is 9.47 Å². The van der Waals surface area contributed by atoms with Gasteiger partial charge in [0.15, 0.2) is 5.78 Å². The summed E-state index contributed by atoms with van der Waals surface area (Å²) in [4.78, 5) is 36.0. The number of hydrogen-bond acceptors (Lipinski definition) is 5. The zero-order valence-electron chi connectivity index (χ0n) is 10.3. The van der Waals surface area contributed by atoms with Crippen LogP contribution in [0.4, 0.5) is 4.79 Å². The van der Waals surface area contributed by atoms with E-state index in [0.29, 0.717) is 0 Å². The molecule has 0 N–H and O–H groups in total. The number of likely N-dealkylation sites (tertiary alicyclic amines) is 1. The van der Waals surface area contributed by atoms with Crippen LogP contribution in [0, 0.1) is 0 Å². The third kappa shape index (κ3) is 2.75. The van der Waals surface area contributed by atoms with Crippen LogP contribution in [0.15, 0.2) is 0 Å². The Morgan fingerprint density at radius 1 is 1.29 bits per heavy atom. The Morgan fingerprint density at radius 3 is 2.41 bits per heavy atom. The van der Waals surface area contributed by atoms with Crippen molar-refractivity contribution in [1.29, 1.82) is 0 Å². The number of carbonyl (C=O) groups excluding carboxylic acids is 3. The van der Waals surface area contributed by atoms with Gasteiger partial charge in [0, 0.05) is 6.42 Å². The van der Waals surface area contributed by atoms with E-state index in [2.05, 4.69) is 0 Å². The zero-order chi connectivity index (χ0) is 13.0. The predicted octanol–water partition coefficient (Wildman–Crippen LogP) is 0.738. The van der Waals surface area contributed by atoms with E-state index in [1.807, 2.05) is 0 Å². The molecule has 0 unspecified atom stereocenters. The molecule has 0 aromatic rings. The lowest BCUT2D eigenvalue weighted by atomic mass is 10.2. The quantitative estimate of drug-likeness (QED) is 0.683. The van der Waals surface area contributed by atoms with Gasteiger partial charge in [-0.15, -0.1) is 0 Å². The van der Waals surface area contributed by atoms with Crippen molar-refractivity contribution in [2.45, 2.75) is 39.3 Å². The van der Waals surface area contributed by atoms with E-state index < -0.39 is 24.1 Å². The van der Waals surface area contributed by atoms with Gasteiger partial charge in [0.05, 0.1) is 19.3 Å². The average Bonchev–Trinajstić information content (AvgIpc) is 2.56. The lowest BCUT2D eigenvalue weighted by Gasteiger charge is -2.24. The van der Waals surface area contributed by atoms with Crippen molar-refractivity contribution in [3.63, 3.8) is 0 Å². The molecule has 1 aliphatic heterocycles. The van der Waals surface area contributed by atoms with Crippen LogP contribution in [0.3, 0.4) is 0 Å². The maximum Gasteiger partial charge on any atom is 0.411 e. The Balaban J connectivity index is 2.84. The number of ether oxygens (including phenoxy) is 2. The summed E-state index contributed by atoms with van der Waals surface area (Å²) in [7, 11) is 0. The highest BCUT2D eigenvalue weighted by atomic mass is 16.6. The Kier molecular flexibility index (Phi) is 4.48. The molecule has 1 amide bonds. The van der Waals surface area contributed by atoms with Crippen molar-refractivity contribution >= 4 is 17.8 Å². The Bertz CT molecular complexity index is 328. The molecular formula is C11H17NO5. The Labute approximate surface area is 99.9 Å². The normalized spacial score (nSPS) is 23.7. The van der Waals surface area contributed by atoms with Gasteiger partial charge in [0.1, 0.15) is 6.04 Å². The fourth-order valence-corrected chi connectivity index (χ4v) is 1.80. The first-order chi connectivity index (χ1) is 8.02. The molecule has 17 heavy (non-hydrogen) atoms. The summed E-state index contributed by atoms with van der Waals surface area (Å²) < 4.78 is 9.67. The first kappa shape index (κ1) is 13.5. The molecule has 1 saturated heterocycles. The fourth-order valence-electron chi connectivity index (χ4n) is 1.80. The van der Waals surface area contributed by atoms with Crippen LogP contribution in [-0.4, -0.2) is 48.0 Å². The number of ketones is 1. The number of rotatable bonds is 3. The summed E-state index contributed by atoms with van der Waals surface area (Å²) in [6, 6.07) is -1.49. The van der Waals surface area contributed by atoms with Gasteiger partial charge in [-0.05, 0) is 20.8 Å². The maximum atomic E-state index is 11.7.